The first-order valence-electron chi connectivity index (χ1n) is 5.95. The van der Waals surface area contributed by atoms with E-state index in [2.05, 4.69) is 5.32 Å². The van der Waals surface area contributed by atoms with E-state index in [0.717, 1.165) is 5.56 Å². The highest BCUT2D eigenvalue weighted by atomic mass is 19.1. The van der Waals surface area contributed by atoms with Gasteiger partial charge < -0.3 is 10.1 Å². The second-order valence-corrected chi connectivity index (χ2v) is 3.84. The highest BCUT2D eigenvalue weighted by Gasteiger charge is 2.04. The number of carbonyl (C=O) groups is 1. The normalized spacial score (nSPS) is 12.6. The van der Waals surface area contributed by atoms with Gasteiger partial charge in [0.05, 0.1) is 6.61 Å². The van der Waals surface area contributed by atoms with Crippen LogP contribution < -0.4 is 5.32 Å². The zero-order valence-electron chi connectivity index (χ0n) is 10.7. The zero-order chi connectivity index (χ0) is 13.4. The lowest BCUT2D eigenvalue weighted by Crippen LogP contribution is -2.18. The number of nitrogens with one attached hydrogen (secondary N) is 1. The molecule has 0 amide bonds. The van der Waals surface area contributed by atoms with E-state index < -0.39 is 0 Å². The largest absolute Gasteiger partial charge is 0.463 e. The van der Waals surface area contributed by atoms with Gasteiger partial charge in [0.1, 0.15) is 5.82 Å². The number of rotatable bonds is 6. The Morgan fingerprint density at radius 3 is 3.00 bits per heavy atom. The van der Waals surface area contributed by atoms with Crippen LogP contribution in [0.3, 0.4) is 0 Å². The molecule has 1 N–H and O–H groups in total. The summed E-state index contributed by atoms with van der Waals surface area (Å²) < 4.78 is 17.7. The molecule has 1 unspecified atom stereocenters. The molecule has 0 saturated heterocycles. The van der Waals surface area contributed by atoms with Crippen molar-refractivity contribution in [3.8, 4) is 0 Å². The molecule has 0 spiro atoms. The van der Waals surface area contributed by atoms with Crippen molar-refractivity contribution in [3.63, 3.8) is 0 Å². The van der Waals surface area contributed by atoms with Crippen molar-refractivity contribution in [2.75, 3.05) is 13.2 Å². The smallest absolute Gasteiger partial charge is 0.330 e. The summed E-state index contributed by atoms with van der Waals surface area (Å²) >= 11 is 0. The van der Waals surface area contributed by atoms with Gasteiger partial charge in [-0.15, -0.1) is 0 Å². The third-order valence-electron chi connectivity index (χ3n) is 2.43. The summed E-state index contributed by atoms with van der Waals surface area (Å²) in [6, 6.07) is 6.46. The van der Waals surface area contributed by atoms with Gasteiger partial charge in [0.15, 0.2) is 0 Å². The van der Waals surface area contributed by atoms with Crippen LogP contribution in [0.25, 0.3) is 0 Å². The Morgan fingerprint density at radius 2 is 2.33 bits per heavy atom. The maximum atomic E-state index is 13.0. The van der Waals surface area contributed by atoms with Crippen LogP contribution in [0.4, 0.5) is 4.39 Å². The van der Waals surface area contributed by atoms with E-state index in [1.54, 1.807) is 19.1 Å². The lowest BCUT2D eigenvalue weighted by atomic mass is 10.1. The fourth-order valence-electron chi connectivity index (χ4n) is 1.48. The molecule has 3 nitrogen and oxygen atoms in total. The summed E-state index contributed by atoms with van der Waals surface area (Å²) in [5.41, 5.74) is 0.875. The predicted octanol–water partition coefficient (Wildman–Crippen LogP) is 2.60. The Kier molecular flexibility index (Phi) is 6.08. The van der Waals surface area contributed by atoms with Crippen LogP contribution in [0.15, 0.2) is 36.4 Å². The number of hydrogen-bond donors (Lipinski definition) is 1. The summed E-state index contributed by atoms with van der Waals surface area (Å²) in [6.07, 6.45) is 3.07. The number of carbonyl (C=O) groups excluding carboxylic acids is 1. The van der Waals surface area contributed by atoms with E-state index in [1.165, 1.54) is 18.2 Å². The maximum absolute atomic E-state index is 13.0. The maximum Gasteiger partial charge on any atom is 0.330 e. The Balaban J connectivity index is 2.37. The SMILES string of the molecule is CCOC(=O)/C=C/CNC(C)c1cccc(F)c1. The van der Waals surface area contributed by atoms with Gasteiger partial charge in [0.25, 0.3) is 0 Å². The summed E-state index contributed by atoms with van der Waals surface area (Å²) in [5.74, 6) is -0.596. The second kappa shape index (κ2) is 7.61. The van der Waals surface area contributed by atoms with E-state index >= 15 is 0 Å². The molecule has 0 aliphatic heterocycles. The van der Waals surface area contributed by atoms with Crippen molar-refractivity contribution < 1.29 is 13.9 Å². The minimum absolute atomic E-state index is 0.0209. The quantitative estimate of drug-likeness (QED) is 0.624. The van der Waals surface area contributed by atoms with Crippen molar-refractivity contribution in [3.05, 3.63) is 47.8 Å². The van der Waals surface area contributed by atoms with E-state index in [1.807, 2.05) is 13.0 Å². The lowest BCUT2D eigenvalue weighted by Gasteiger charge is -2.12. The zero-order valence-corrected chi connectivity index (χ0v) is 10.7. The van der Waals surface area contributed by atoms with E-state index in [0.29, 0.717) is 13.2 Å². The fourth-order valence-corrected chi connectivity index (χ4v) is 1.48. The summed E-state index contributed by atoms with van der Waals surface area (Å²) in [6.45, 7) is 4.59. The molecule has 0 aromatic heterocycles. The van der Waals surface area contributed by atoms with Crippen LogP contribution in [0.5, 0.6) is 0 Å². The number of hydrogen-bond acceptors (Lipinski definition) is 3. The van der Waals surface area contributed by atoms with Gasteiger partial charge in [-0.1, -0.05) is 18.2 Å². The Morgan fingerprint density at radius 1 is 1.56 bits per heavy atom. The monoisotopic (exact) mass is 251 g/mol. The number of halogens is 1. The van der Waals surface area contributed by atoms with Crippen molar-refractivity contribution in [2.24, 2.45) is 0 Å². The molecule has 0 aliphatic rings. The molecule has 0 heterocycles. The predicted molar refractivity (Wildman–Crippen MR) is 68.6 cm³/mol. The van der Waals surface area contributed by atoms with Crippen LogP contribution in [0.1, 0.15) is 25.5 Å². The Bertz CT molecular complexity index is 418. The van der Waals surface area contributed by atoms with Gasteiger partial charge in [-0.2, -0.15) is 0 Å². The van der Waals surface area contributed by atoms with Crippen LogP contribution in [-0.4, -0.2) is 19.1 Å². The van der Waals surface area contributed by atoms with Crippen LogP contribution in [-0.2, 0) is 9.53 Å². The molecule has 1 rings (SSSR count). The topological polar surface area (TPSA) is 38.3 Å². The van der Waals surface area contributed by atoms with Gasteiger partial charge >= 0.3 is 5.97 Å². The molecule has 1 aromatic carbocycles. The molecule has 0 fully saturated rings. The molecule has 4 heteroatoms. The van der Waals surface area contributed by atoms with E-state index in [-0.39, 0.29) is 17.8 Å². The second-order valence-electron chi connectivity index (χ2n) is 3.84. The van der Waals surface area contributed by atoms with Crippen molar-refractivity contribution in [1.82, 2.24) is 5.32 Å². The Labute approximate surface area is 107 Å². The molecule has 1 aromatic rings. The summed E-state index contributed by atoms with van der Waals surface area (Å²) in [7, 11) is 0. The first kappa shape index (κ1) is 14.4. The highest BCUT2D eigenvalue weighted by molar-refractivity contribution is 5.81. The third kappa shape index (κ3) is 5.10. The Hall–Kier alpha value is -1.68. The number of benzene rings is 1. The molecule has 0 saturated carbocycles. The van der Waals surface area contributed by atoms with Gasteiger partial charge in [-0.25, -0.2) is 9.18 Å². The standard InChI is InChI=1S/C14H18FNO2/c1-3-18-14(17)8-5-9-16-11(2)12-6-4-7-13(15)10-12/h4-8,10-11,16H,3,9H2,1-2H3/b8-5+. The minimum atomic E-state index is -0.349. The van der Waals surface area contributed by atoms with Gasteiger partial charge in [0.2, 0.25) is 0 Å². The minimum Gasteiger partial charge on any atom is -0.463 e. The van der Waals surface area contributed by atoms with Crippen molar-refractivity contribution in [2.45, 2.75) is 19.9 Å². The summed E-state index contributed by atoms with van der Waals surface area (Å²) in [4.78, 5) is 11.0. The first-order valence-corrected chi connectivity index (χ1v) is 5.95. The van der Waals surface area contributed by atoms with Gasteiger partial charge in [-0.05, 0) is 31.5 Å². The number of ether oxygens (including phenoxy) is 1. The molecular weight excluding hydrogens is 233 g/mol. The van der Waals surface area contributed by atoms with Crippen molar-refractivity contribution in [1.29, 1.82) is 0 Å². The fraction of sp³-hybridized carbons (Fsp3) is 0.357. The summed E-state index contributed by atoms with van der Waals surface area (Å²) in [5, 5.41) is 3.16. The van der Waals surface area contributed by atoms with Crippen molar-refractivity contribution >= 4 is 5.97 Å². The van der Waals surface area contributed by atoms with E-state index in [9.17, 15) is 9.18 Å². The average Bonchev–Trinajstić information content (AvgIpc) is 2.35. The molecule has 0 radical (unpaired) electrons. The lowest BCUT2D eigenvalue weighted by molar-refractivity contribution is -0.137. The molecule has 0 bridgehead atoms. The third-order valence-corrected chi connectivity index (χ3v) is 2.43. The van der Waals surface area contributed by atoms with Crippen LogP contribution >= 0.6 is 0 Å². The molecule has 18 heavy (non-hydrogen) atoms. The highest BCUT2D eigenvalue weighted by Crippen LogP contribution is 2.12. The van der Waals surface area contributed by atoms with Crippen LogP contribution in [0, 0.1) is 5.82 Å². The molecule has 0 aliphatic carbocycles. The molecule has 98 valence electrons. The van der Waals surface area contributed by atoms with Gasteiger partial charge in [-0.3, -0.25) is 0 Å². The van der Waals surface area contributed by atoms with Gasteiger partial charge in [0, 0.05) is 18.7 Å². The number of esters is 1. The van der Waals surface area contributed by atoms with E-state index in [4.69, 9.17) is 4.74 Å². The first-order chi connectivity index (χ1) is 8.63. The average molecular weight is 251 g/mol. The van der Waals surface area contributed by atoms with Crippen LogP contribution in [0.2, 0.25) is 0 Å². The molecule has 1 atom stereocenters. The molecular formula is C14H18FNO2.